The molecule has 0 fully saturated rings. The molecule has 0 saturated heterocycles. The van der Waals surface area contributed by atoms with E-state index >= 15 is 0 Å². The molecule has 5 nitrogen and oxygen atoms in total. The van der Waals surface area contributed by atoms with Crippen molar-refractivity contribution in [2.45, 2.75) is 12.8 Å². The lowest BCUT2D eigenvalue weighted by molar-refractivity contribution is 0.354. The van der Waals surface area contributed by atoms with Crippen molar-refractivity contribution in [3.8, 4) is 17.2 Å². The van der Waals surface area contributed by atoms with Crippen molar-refractivity contribution in [1.82, 2.24) is 0 Å². The van der Waals surface area contributed by atoms with Crippen LogP contribution < -0.4 is 19.8 Å². The molecular weight excluding hydrogens is 272 g/mol. The summed E-state index contributed by atoms with van der Waals surface area (Å²) in [4.78, 5) is 11.4. The third kappa shape index (κ3) is 3.78. The maximum atomic E-state index is 11.4. The van der Waals surface area contributed by atoms with Gasteiger partial charge in [0.25, 0.3) is 0 Å². The standard InChI is InChI=1S/C16H18O5/c1-18-13-9-12(21-16(17)10-13)6-4-11-5-7-14(19-2)15(8-11)20-3/h5,7-10H,4,6H2,1-3H3. The third-order valence-corrected chi connectivity index (χ3v) is 3.14. The highest BCUT2D eigenvalue weighted by molar-refractivity contribution is 5.43. The number of methoxy groups -OCH3 is 3. The van der Waals surface area contributed by atoms with E-state index in [4.69, 9.17) is 18.6 Å². The molecule has 112 valence electrons. The minimum Gasteiger partial charge on any atom is -0.496 e. The van der Waals surface area contributed by atoms with E-state index in [0.717, 1.165) is 12.0 Å². The third-order valence-electron chi connectivity index (χ3n) is 3.14. The van der Waals surface area contributed by atoms with Crippen LogP contribution in [0.5, 0.6) is 17.2 Å². The van der Waals surface area contributed by atoms with Crippen LogP contribution in [0.15, 0.2) is 39.5 Å². The van der Waals surface area contributed by atoms with Gasteiger partial charge in [0.05, 0.1) is 27.4 Å². The predicted octanol–water partition coefficient (Wildman–Crippen LogP) is 2.45. The first-order valence-corrected chi connectivity index (χ1v) is 6.55. The van der Waals surface area contributed by atoms with Crippen LogP contribution in [-0.2, 0) is 12.8 Å². The van der Waals surface area contributed by atoms with Crippen LogP contribution in [-0.4, -0.2) is 21.3 Å². The van der Waals surface area contributed by atoms with Crippen LogP contribution in [0, 0.1) is 0 Å². The van der Waals surface area contributed by atoms with Crippen molar-refractivity contribution >= 4 is 0 Å². The minimum absolute atomic E-state index is 0.406. The van der Waals surface area contributed by atoms with E-state index in [1.165, 1.54) is 13.2 Å². The first-order valence-electron chi connectivity index (χ1n) is 6.55. The SMILES string of the molecule is COc1cc(CCc2ccc(OC)c(OC)c2)oc(=O)c1. The molecule has 0 atom stereocenters. The lowest BCUT2D eigenvalue weighted by atomic mass is 10.1. The molecule has 1 aromatic carbocycles. The van der Waals surface area contributed by atoms with E-state index in [-0.39, 0.29) is 0 Å². The van der Waals surface area contributed by atoms with Gasteiger partial charge in [-0.25, -0.2) is 4.79 Å². The summed E-state index contributed by atoms with van der Waals surface area (Å²) in [5.41, 5.74) is 0.662. The van der Waals surface area contributed by atoms with Crippen LogP contribution in [0.3, 0.4) is 0 Å². The van der Waals surface area contributed by atoms with Gasteiger partial charge in [0.1, 0.15) is 11.5 Å². The molecule has 2 rings (SSSR count). The van der Waals surface area contributed by atoms with Gasteiger partial charge in [-0.15, -0.1) is 0 Å². The molecule has 1 aromatic heterocycles. The van der Waals surface area contributed by atoms with Crippen LogP contribution >= 0.6 is 0 Å². The van der Waals surface area contributed by atoms with E-state index in [0.29, 0.717) is 29.4 Å². The number of ether oxygens (including phenoxy) is 3. The van der Waals surface area contributed by atoms with E-state index in [1.807, 2.05) is 18.2 Å². The Balaban J connectivity index is 2.13. The van der Waals surface area contributed by atoms with Crippen molar-refractivity contribution in [3.05, 3.63) is 52.1 Å². The summed E-state index contributed by atoms with van der Waals surface area (Å²) in [6, 6.07) is 8.77. The summed E-state index contributed by atoms with van der Waals surface area (Å²) in [5.74, 6) is 2.47. The minimum atomic E-state index is -0.406. The molecule has 1 heterocycles. The first-order chi connectivity index (χ1) is 10.2. The van der Waals surface area contributed by atoms with Crippen molar-refractivity contribution in [2.75, 3.05) is 21.3 Å². The fraction of sp³-hybridized carbons (Fsp3) is 0.312. The topological polar surface area (TPSA) is 57.9 Å². The molecule has 21 heavy (non-hydrogen) atoms. The first kappa shape index (κ1) is 15.0. The van der Waals surface area contributed by atoms with Crippen molar-refractivity contribution in [1.29, 1.82) is 0 Å². The average molecular weight is 290 g/mol. The molecule has 0 bridgehead atoms. The number of hydrogen-bond donors (Lipinski definition) is 0. The predicted molar refractivity (Wildman–Crippen MR) is 78.5 cm³/mol. The Morgan fingerprint density at radius 2 is 1.67 bits per heavy atom. The summed E-state index contributed by atoms with van der Waals surface area (Å²) < 4.78 is 20.7. The van der Waals surface area contributed by atoms with Gasteiger partial charge in [-0.3, -0.25) is 0 Å². The summed E-state index contributed by atoms with van der Waals surface area (Å²) in [7, 11) is 4.72. The molecule has 0 aliphatic rings. The second kappa shape index (κ2) is 6.83. The highest BCUT2D eigenvalue weighted by Gasteiger charge is 2.07. The van der Waals surface area contributed by atoms with Crippen molar-refractivity contribution < 1.29 is 18.6 Å². The van der Waals surface area contributed by atoms with Gasteiger partial charge in [0, 0.05) is 12.5 Å². The van der Waals surface area contributed by atoms with E-state index in [1.54, 1.807) is 20.3 Å². The van der Waals surface area contributed by atoms with Gasteiger partial charge in [-0.1, -0.05) is 6.07 Å². The smallest absolute Gasteiger partial charge is 0.339 e. The van der Waals surface area contributed by atoms with Gasteiger partial charge in [0.2, 0.25) is 0 Å². The Hall–Kier alpha value is -2.43. The fourth-order valence-corrected chi connectivity index (χ4v) is 2.05. The number of aryl methyl sites for hydroxylation is 2. The highest BCUT2D eigenvalue weighted by atomic mass is 16.5. The van der Waals surface area contributed by atoms with E-state index in [2.05, 4.69) is 0 Å². The highest BCUT2D eigenvalue weighted by Crippen LogP contribution is 2.28. The molecular formula is C16H18O5. The van der Waals surface area contributed by atoms with E-state index in [9.17, 15) is 4.79 Å². The van der Waals surface area contributed by atoms with Crippen molar-refractivity contribution in [2.24, 2.45) is 0 Å². The van der Waals surface area contributed by atoms with Crippen LogP contribution in [0.2, 0.25) is 0 Å². The van der Waals surface area contributed by atoms with Gasteiger partial charge < -0.3 is 18.6 Å². The summed E-state index contributed by atoms with van der Waals surface area (Å²) in [6.45, 7) is 0. The van der Waals surface area contributed by atoms with Gasteiger partial charge >= 0.3 is 5.63 Å². The zero-order valence-corrected chi connectivity index (χ0v) is 12.3. The largest absolute Gasteiger partial charge is 0.496 e. The molecule has 5 heteroatoms. The number of hydrogen-bond acceptors (Lipinski definition) is 5. The lowest BCUT2D eigenvalue weighted by Gasteiger charge is -2.09. The molecule has 2 aromatic rings. The van der Waals surface area contributed by atoms with Gasteiger partial charge in [-0.05, 0) is 24.1 Å². The van der Waals surface area contributed by atoms with Gasteiger partial charge in [-0.2, -0.15) is 0 Å². The van der Waals surface area contributed by atoms with Crippen LogP contribution in [0.25, 0.3) is 0 Å². The normalized spacial score (nSPS) is 10.2. The molecule has 0 aliphatic carbocycles. The second-order valence-corrected chi connectivity index (χ2v) is 4.47. The number of rotatable bonds is 6. The molecule has 0 amide bonds. The summed E-state index contributed by atoms with van der Waals surface area (Å²) in [6.07, 6.45) is 1.32. The Kier molecular flexibility index (Phi) is 4.87. The monoisotopic (exact) mass is 290 g/mol. The zero-order valence-electron chi connectivity index (χ0n) is 12.3. The van der Waals surface area contributed by atoms with Crippen molar-refractivity contribution in [3.63, 3.8) is 0 Å². The quantitative estimate of drug-likeness (QED) is 0.818. The summed E-state index contributed by atoms with van der Waals surface area (Å²) in [5, 5.41) is 0. The average Bonchev–Trinajstić information content (AvgIpc) is 2.52. The Labute approximate surface area is 123 Å². The maximum absolute atomic E-state index is 11.4. The Morgan fingerprint density at radius 1 is 0.905 bits per heavy atom. The molecule has 0 N–H and O–H groups in total. The lowest BCUT2D eigenvalue weighted by Crippen LogP contribution is -2.02. The maximum Gasteiger partial charge on any atom is 0.339 e. The molecule has 0 spiro atoms. The molecule has 0 radical (unpaired) electrons. The summed E-state index contributed by atoms with van der Waals surface area (Å²) >= 11 is 0. The molecule has 0 aliphatic heterocycles. The second-order valence-electron chi connectivity index (χ2n) is 4.47. The zero-order chi connectivity index (χ0) is 15.2. The molecule has 0 unspecified atom stereocenters. The Bertz CT molecular complexity index is 660. The number of benzene rings is 1. The Morgan fingerprint density at radius 3 is 2.33 bits per heavy atom. The van der Waals surface area contributed by atoms with Crippen LogP contribution in [0.1, 0.15) is 11.3 Å². The van der Waals surface area contributed by atoms with E-state index < -0.39 is 5.63 Å². The van der Waals surface area contributed by atoms with Gasteiger partial charge in [0.15, 0.2) is 11.5 Å². The molecule has 0 saturated carbocycles. The fourth-order valence-electron chi connectivity index (χ4n) is 2.05. The van der Waals surface area contributed by atoms with Crippen LogP contribution in [0.4, 0.5) is 0 Å².